The third kappa shape index (κ3) is 4.19. The van der Waals surface area contributed by atoms with Gasteiger partial charge in [0.2, 0.25) is 5.91 Å². The molecule has 1 aliphatic heterocycles. The number of rotatable bonds is 8. The first-order valence-corrected chi connectivity index (χ1v) is 8.11. The summed E-state index contributed by atoms with van der Waals surface area (Å²) in [6, 6.07) is 0.423. The van der Waals surface area contributed by atoms with E-state index < -0.39 is 11.4 Å². The van der Waals surface area contributed by atoms with Crippen molar-refractivity contribution in [2.24, 2.45) is 5.41 Å². The Balaban J connectivity index is 2.63. The molecule has 1 atom stereocenters. The number of amides is 1. The van der Waals surface area contributed by atoms with Gasteiger partial charge in [-0.05, 0) is 38.8 Å². The molecule has 0 aliphatic carbocycles. The molecule has 122 valence electrons. The first-order valence-electron chi connectivity index (χ1n) is 8.11. The van der Waals surface area contributed by atoms with Crippen molar-refractivity contribution in [3.63, 3.8) is 0 Å². The maximum Gasteiger partial charge on any atom is 0.310 e. The van der Waals surface area contributed by atoms with Gasteiger partial charge in [0.1, 0.15) is 0 Å². The number of hydrogen-bond acceptors (Lipinski definition) is 3. The molecule has 0 radical (unpaired) electrons. The highest BCUT2D eigenvalue weighted by molar-refractivity contribution is 5.84. The molecule has 1 rings (SSSR count). The fraction of sp³-hybridized carbons (Fsp3) is 0.875. The van der Waals surface area contributed by atoms with E-state index >= 15 is 0 Å². The summed E-state index contributed by atoms with van der Waals surface area (Å²) in [4.78, 5) is 28.0. The van der Waals surface area contributed by atoms with Gasteiger partial charge in [-0.1, -0.05) is 20.8 Å². The van der Waals surface area contributed by atoms with Crippen molar-refractivity contribution in [2.45, 2.75) is 58.9 Å². The highest BCUT2D eigenvalue weighted by Gasteiger charge is 2.38. The molecule has 1 heterocycles. The van der Waals surface area contributed by atoms with Crippen molar-refractivity contribution in [1.29, 1.82) is 0 Å². The van der Waals surface area contributed by atoms with Gasteiger partial charge in [0.15, 0.2) is 0 Å². The normalized spacial score (nSPS) is 19.7. The Morgan fingerprint density at radius 2 is 1.90 bits per heavy atom. The third-order valence-electron chi connectivity index (χ3n) is 5.11. The lowest BCUT2D eigenvalue weighted by atomic mass is 9.79. The summed E-state index contributed by atoms with van der Waals surface area (Å²) >= 11 is 0. The number of likely N-dealkylation sites (N-methyl/N-ethyl adjacent to an activating group) is 2. The molecule has 21 heavy (non-hydrogen) atoms. The number of nitrogens with zero attached hydrogens (tertiary/aromatic N) is 2. The maximum atomic E-state index is 12.4. The molecule has 0 aromatic heterocycles. The van der Waals surface area contributed by atoms with Gasteiger partial charge < -0.3 is 10.0 Å². The van der Waals surface area contributed by atoms with Crippen molar-refractivity contribution in [1.82, 2.24) is 9.80 Å². The van der Waals surface area contributed by atoms with Crippen LogP contribution in [0.5, 0.6) is 0 Å². The molecule has 0 spiro atoms. The van der Waals surface area contributed by atoms with E-state index in [-0.39, 0.29) is 12.3 Å². The highest BCUT2D eigenvalue weighted by atomic mass is 16.4. The Morgan fingerprint density at radius 3 is 2.38 bits per heavy atom. The zero-order valence-electron chi connectivity index (χ0n) is 13.9. The molecule has 5 heteroatoms. The number of carbonyl (C=O) groups excluding carboxylic acids is 1. The molecule has 1 saturated heterocycles. The first-order chi connectivity index (χ1) is 9.90. The number of likely N-dealkylation sites (tertiary alicyclic amines) is 1. The van der Waals surface area contributed by atoms with Crippen molar-refractivity contribution in [2.75, 3.05) is 26.7 Å². The van der Waals surface area contributed by atoms with Crippen LogP contribution < -0.4 is 0 Å². The minimum absolute atomic E-state index is 0.0518. The molecule has 1 amide bonds. The van der Waals surface area contributed by atoms with Gasteiger partial charge in [0, 0.05) is 26.1 Å². The second-order valence-electron chi connectivity index (χ2n) is 6.17. The van der Waals surface area contributed by atoms with Gasteiger partial charge in [-0.2, -0.15) is 0 Å². The van der Waals surface area contributed by atoms with Gasteiger partial charge in [-0.15, -0.1) is 0 Å². The van der Waals surface area contributed by atoms with E-state index in [2.05, 4.69) is 11.8 Å². The second-order valence-corrected chi connectivity index (χ2v) is 6.17. The van der Waals surface area contributed by atoms with Crippen LogP contribution in [0.25, 0.3) is 0 Å². The fourth-order valence-electron chi connectivity index (χ4n) is 3.24. The lowest BCUT2D eigenvalue weighted by molar-refractivity contribution is -0.154. The van der Waals surface area contributed by atoms with E-state index in [9.17, 15) is 14.7 Å². The average molecular weight is 298 g/mol. The van der Waals surface area contributed by atoms with Crippen molar-refractivity contribution < 1.29 is 14.7 Å². The van der Waals surface area contributed by atoms with Gasteiger partial charge in [0.05, 0.1) is 5.41 Å². The van der Waals surface area contributed by atoms with Crippen LogP contribution in [0.15, 0.2) is 0 Å². The lowest BCUT2D eigenvalue weighted by Crippen LogP contribution is -2.43. The number of carbonyl (C=O) groups is 2. The summed E-state index contributed by atoms with van der Waals surface area (Å²) in [6.45, 7) is 8.66. The summed E-state index contributed by atoms with van der Waals surface area (Å²) in [5.74, 6) is -0.908. The minimum atomic E-state index is -0.911. The Kier molecular flexibility index (Phi) is 6.65. The highest BCUT2D eigenvalue weighted by Crippen LogP contribution is 2.31. The predicted octanol–water partition coefficient (Wildman–Crippen LogP) is 2.21. The van der Waals surface area contributed by atoms with Gasteiger partial charge >= 0.3 is 5.97 Å². The monoisotopic (exact) mass is 298 g/mol. The average Bonchev–Trinajstić information content (AvgIpc) is 2.91. The van der Waals surface area contributed by atoms with Crippen LogP contribution in [-0.2, 0) is 9.59 Å². The second kappa shape index (κ2) is 7.78. The Hall–Kier alpha value is -1.10. The molecular formula is C16H30N2O3. The summed E-state index contributed by atoms with van der Waals surface area (Å²) in [5.41, 5.74) is -0.911. The quantitative estimate of drug-likeness (QED) is 0.746. The molecule has 5 nitrogen and oxygen atoms in total. The van der Waals surface area contributed by atoms with E-state index in [0.717, 1.165) is 19.5 Å². The standard InChI is InChI=1S/C16H30N2O3/c1-5-16(6-2,15(20)21)11-14(19)17(4)12-13-9-8-10-18(13)7-3/h13H,5-12H2,1-4H3,(H,20,21). The van der Waals surface area contributed by atoms with Crippen molar-refractivity contribution in [3.8, 4) is 0 Å². The minimum Gasteiger partial charge on any atom is -0.481 e. The smallest absolute Gasteiger partial charge is 0.310 e. The van der Waals surface area contributed by atoms with Crippen LogP contribution in [0, 0.1) is 5.41 Å². The van der Waals surface area contributed by atoms with E-state index in [4.69, 9.17) is 0 Å². The SMILES string of the molecule is CCN1CCCC1CN(C)C(=O)CC(CC)(CC)C(=O)O. The largest absolute Gasteiger partial charge is 0.481 e. The number of carboxylic acids is 1. The predicted molar refractivity (Wildman–Crippen MR) is 83.2 cm³/mol. The summed E-state index contributed by atoms with van der Waals surface area (Å²) < 4.78 is 0. The number of hydrogen-bond donors (Lipinski definition) is 1. The van der Waals surface area contributed by atoms with E-state index in [1.807, 2.05) is 13.8 Å². The van der Waals surface area contributed by atoms with Gasteiger partial charge in [-0.3, -0.25) is 14.5 Å². The zero-order valence-corrected chi connectivity index (χ0v) is 13.9. The van der Waals surface area contributed by atoms with Gasteiger partial charge in [0.25, 0.3) is 0 Å². The Labute approximate surface area is 128 Å². The van der Waals surface area contributed by atoms with Crippen LogP contribution in [0.4, 0.5) is 0 Å². The third-order valence-corrected chi connectivity index (χ3v) is 5.11. The summed E-state index contributed by atoms with van der Waals surface area (Å²) in [6.07, 6.45) is 3.39. The van der Waals surface area contributed by atoms with Gasteiger partial charge in [-0.25, -0.2) is 0 Å². The number of carboxylic acid groups (broad SMARTS) is 1. The van der Waals surface area contributed by atoms with Crippen LogP contribution in [-0.4, -0.2) is 59.5 Å². The van der Waals surface area contributed by atoms with E-state index in [1.54, 1.807) is 11.9 Å². The van der Waals surface area contributed by atoms with Crippen LogP contribution in [0.1, 0.15) is 52.9 Å². The van der Waals surface area contributed by atoms with Crippen LogP contribution in [0.2, 0.25) is 0 Å². The Bertz CT molecular complexity index is 367. The first kappa shape index (κ1) is 18.0. The molecule has 0 saturated carbocycles. The van der Waals surface area contributed by atoms with Crippen LogP contribution in [0.3, 0.4) is 0 Å². The topological polar surface area (TPSA) is 60.9 Å². The molecule has 0 aromatic rings. The molecule has 1 fully saturated rings. The molecule has 0 bridgehead atoms. The lowest BCUT2D eigenvalue weighted by Gasteiger charge is -2.31. The maximum absolute atomic E-state index is 12.4. The van der Waals surface area contributed by atoms with Crippen molar-refractivity contribution in [3.05, 3.63) is 0 Å². The summed E-state index contributed by atoms with van der Waals surface area (Å²) in [7, 11) is 1.80. The molecular weight excluding hydrogens is 268 g/mol. The molecule has 0 aromatic carbocycles. The summed E-state index contributed by atoms with van der Waals surface area (Å²) in [5, 5.41) is 9.44. The fourth-order valence-corrected chi connectivity index (χ4v) is 3.24. The zero-order chi connectivity index (χ0) is 16.0. The Morgan fingerprint density at radius 1 is 1.29 bits per heavy atom. The van der Waals surface area contributed by atoms with E-state index in [1.165, 1.54) is 6.42 Å². The van der Waals surface area contributed by atoms with Crippen LogP contribution >= 0.6 is 0 Å². The van der Waals surface area contributed by atoms with Crippen molar-refractivity contribution >= 4 is 11.9 Å². The number of aliphatic carboxylic acids is 1. The molecule has 1 aliphatic rings. The molecule has 1 N–H and O–H groups in total. The van der Waals surface area contributed by atoms with E-state index in [0.29, 0.717) is 25.4 Å². The molecule has 1 unspecified atom stereocenters.